The fourth-order valence-electron chi connectivity index (χ4n) is 5.73. The summed E-state index contributed by atoms with van der Waals surface area (Å²) in [5.41, 5.74) is 12.1. The number of aromatic nitrogens is 2. The molecule has 6 rings (SSSR count). The molecule has 0 bridgehead atoms. The summed E-state index contributed by atoms with van der Waals surface area (Å²) >= 11 is 0. The van der Waals surface area contributed by atoms with Crippen LogP contribution in [-0.2, 0) is 6.42 Å². The third-order valence-corrected chi connectivity index (χ3v) is 7.46. The highest BCUT2D eigenvalue weighted by Gasteiger charge is 2.34. The lowest BCUT2D eigenvalue weighted by molar-refractivity contribution is 0.419. The zero-order valence-corrected chi connectivity index (χ0v) is 17.5. The minimum absolute atomic E-state index is 0. The molecule has 0 amide bonds. The predicted octanol–water partition coefficient (Wildman–Crippen LogP) is 6.73. The van der Waals surface area contributed by atoms with Crippen molar-refractivity contribution in [3.8, 4) is 0 Å². The van der Waals surface area contributed by atoms with Crippen LogP contribution in [0.2, 0.25) is 0 Å². The highest BCUT2D eigenvalue weighted by atomic mass is 35.5. The Balaban J connectivity index is 0.00000171. The third kappa shape index (κ3) is 2.50. The van der Waals surface area contributed by atoms with Gasteiger partial charge in [0, 0.05) is 29.4 Å². The van der Waals surface area contributed by atoms with Gasteiger partial charge >= 0.3 is 0 Å². The molecule has 0 saturated carbocycles. The fraction of sp³-hybridized carbons (Fsp3) is 0.400. The van der Waals surface area contributed by atoms with E-state index >= 15 is 0 Å². The molecule has 0 fully saturated rings. The molecule has 2 nitrogen and oxygen atoms in total. The summed E-state index contributed by atoms with van der Waals surface area (Å²) in [6.45, 7) is 4.64. The van der Waals surface area contributed by atoms with Gasteiger partial charge in [0.2, 0.25) is 0 Å². The van der Waals surface area contributed by atoms with E-state index in [1.165, 1.54) is 53.4 Å². The molecule has 0 N–H and O–H groups in total. The zero-order chi connectivity index (χ0) is 18.1. The van der Waals surface area contributed by atoms with E-state index in [2.05, 4.69) is 53.9 Å². The molecule has 0 spiro atoms. The van der Waals surface area contributed by atoms with Crippen molar-refractivity contribution in [1.82, 2.24) is 9.55 Å². The molecule has 2 aromatic rings. The van der Waals surface area contributed by atoms with Crippen LogP contribution in [0.5, 0.6) is 0 Å². The van der Waals surface area contributed by atoms with Crippen LogP contribution in [0, 0.1) is 11.8 Å². The van der Waals surface area contributed by atoms with Crippen molar-refractivity contribution in [2.45, 2.75) is 52.4 Å². The van der Waals surface area contributed by atoms with Crippen LogP contribution in [0.3, 0.4) is 0 Å². The predicted molar refractivity (Wildman–Crippen MR) is 119 cm³/mol. The lowest BCUT2D eigenvalue weighted by Crippen LogP contribution is -2.14. The molecule has 28 heavy (non-hydrogen) atoms. The van der Waals surface area contributed by atoms with Crippen molar-refractivity contribution in [3.05, 3.63) is 64.7 Å². The number of hydrogen-bond donors (Lipinski definition) is 0. The van der Waals surface area contributed by atoms with Gasteiger partial charge in [0.05, 0.1) is 11.2 Å². The standard InChI is InChI=1S/C25H26N2.ClH/c1-15-16(2)21(15)13-17-6-9-23-19(12-17)8-7-18-4-3-5-20-22-14-26-11-10-24(22)27(23)25(18)20;/h4,7-8,10-11,14,17,21H,3,5-6,9,12-13H2,1-2H3;1H. The van der Waals surface area contributed by atoms with Gasteiger partial charge in [-0.05, 0) is 81.1 Å². The van der Waals surface area contributed by atoms with Crippen molar-refractivity contribution in [2.24, 2.45) is 11.8 Å². The van der Waals surface area contributed by atoms with Crippen molar-refractivity contribution >= 4 is 34.6 Å². The SMILES string of the molecule is CC1=C(C)C1CC1CCC2=C(C=CC3=CCCc4c3n2c2ccncc42)C1.Cl. The number of halogens is 1. The van der Waals surface area contributed by atoms with E-state index in [0.29, 0.717) is 0 Å². The van der Waals surface area contributed by atoms with Gasteiger partial charge in [0.15, 0.2) is 0 Å². The van der Waals surface area contributed by atoms with Crippen LogP contribution in [0.1, 0.15) is 57.2 Å². The summed E-state index contributed by atoms with van der Waals surface area (Å²) in [7, 11) is 0. The van der Waals surface area contributed by atoms with Crippen molar-refractivity contribution < 1.29 is 0 Å². The van der Waals surface area contributed by atoms with E-state index in [-0.39, 0.29) is 12.4 Å². The van der Waals surface area contributed by atoms with E-state index in [1.807, 2.05) is 6.20 Å². The first-order valence-corrected chi connectivity index (χ1v) is 10.5. The lowest BCUT2D eigenvalue weighted by atomic mass is 9.82. The summed E-state index contributed by atoms with van der Waals surface area (Å²) in [4.78, 5) is 4.44. The van der Waals surface area contributed by atoms with Crippen LogP contribution >= 0.6 is 12.4 Å². The molecular formula is C25H27ClN2. The Morgan fingerprint density at radius 3 is 2.82 bits per heavy atom. The quantitative estimate of drug-likeness (QED) is 0.520. The van der Waals surface area contributed by atoms with Gasteiger partial charge in [-0.1, -0.05) is 29.4 Å². The first kappa shape index (κ1) is 18.0. The second-order valence-electron chi connectivity index (χ2n) is 8.82. The Kier molecular flexibility index (Phi) is 4.17. The topological polar surface area (TPSA) is 17.8 Å². The van der Waals surface area contributed by atoms with Gasteiger partial charge in [-0.15, -0.1) is 12.4 Å². The number of nitrogens with zero attached hydrogens (tertiary/aromatic N) is 2. The van der Waals surface area contributed by atoms with E-state index in [4.69, 9.17) is 0 Å². The second kappa shape index (κ2) is 6.49. The molecule has 0 aromatic carbocycles. The van der Waals surface area contributed by atoms with E-state index in [1.54, 1.807) is 22.4 Å². The number of fused-ring (bicyclic) bond motifs is 4. The monoisotopic (exact) mass is 390 g/mol. The molecule has 3 heteroatoms. The Morgan fingerprint density at radius 1 is 1.14 bits per heavy atom. The highest BCUT2D eigenvalue weighted by molar-refractivity contribution is 5.96. The largest absolute Gasteiger partial charge is 0.312 e. The van der Waals surface area contributed by atoms with Gasteiger partial charge in [0.1, 0.15) is 0 Å². The Morgan fingerprint density at radius 2 is 2.00 bits per heavy atom. The van der Waals surface area contributed by atoms with E-state index in [0.717, 1.165) is 24.7 Å². The molecule has 3 aliphatic carbocycles. The highest BCUT2D eigenvalue weighted by Crippen LogP contribution is 2.48. The molecule has 3 heterocycles. The van der Waals surface area contributed by atoms with Crippen LogP contribution in [-0.4, -0.2) is 9.55 Å². The summed E-state index contributed by atoms with van der Waals surface area (Å²) in [6.07, 6.45) is 18.7. The second-order valence-corrected chi connectivity index (χ2v) is 8.82. The van der Waals surface area contributed by atoms with Crippen molar-refractivity contribution in [1.29, 1.82) is 0 Å². The zero-order valence-electron chi connectivity index (χ0n) is 16.7. The molecule has 144 valence electrons. The van der Waals surface area contributed by atoms with Crippen LogP contribution in [0.4, 0.5) is 0 Å². The summed E-state index contributed by atoms with van der Waals surface area (Å²) < 4.78 is 2.59. The maximum absolute atomic E-state index is 4.44. The van der Waals surface area contributed by atoms with Gasteiger partial charge < -0.3 is 4.57 Å². The summed E-state index contributed by atoms with van der Waals surface area (Å²) in [6, 6.07) is 2.22. The Bertz CT molecular complexity index is 1100. The number of allylic oxidation sites excluding steroid dienone is 8. The smallest absolute Gasteiger partial charge is 0.0567 e. The van der Waals surface area contributed by atoms with Crippen LogP contribution in [0.25, 0.3) is 22.2 Å². The summed E-state index contributed by atoms with van der Waals surface area (Å²) in [5.74, 6) is 1.64. The lowest BCUT2D eigenvalue weighted by Gasteiger charge is -2.28. The average molecular weight is 391 g/mol. The maximum atomic E-state index is 4.44. The Hall–Kier alpha value is -2.06. The fourth-order valence-corrected chi connectivity index (χ4v) is 5.73. The first-order chi connectivity index (χ1) is 13.2. The van der Waals surface area contributed by atoms with E-state index < -0.39 is 0 Å². The van der Waals surface area contributed by atoms with Crippen molar-refractivity contribution in [3.63, 3.8) is 0 Å². The van der Waals surface area contributed by atoms with Gasteiger partial charge in [0.25, 0.3) is 0 Å². The number of rotatable bonds is 2. The normalized spacial score (nSPS) is 23.2. The molecule has 1 unspecified atom stereocenters. The average Bonchev–Trinajstić information content (AvgIpc) is 3.16. The molecule has 4 aliphatic rings. The van der Waals surface area contributed by atoms with Crippen molar-refractivity contribution in [2.75, 3.05) is 0 Å². The minimum atomic E-state index is 0. The molecule has 1 atom stereocenters. The van der Waals surface area contributed by atoms with Gasteiger partial charge in [-0.2, -0.15) is 0 Å². The van der Waals surface area contributed by atoms with Crippen LogP contribution in [0.15, 0.2) is 53.4 Å². The summed E-state index contributed by atoms with van der Waals surface area (Å²) in [5, 5.41) is 1.36. The van der Waals surface area contributed by atoms with Gasteiger partial charge in [-0.3, -0.25) is 4.98 Å². The molecule has 0 radical (unpaired) electrons. The Labute approximate surface area is 173 Å². The number of pyridine rings is 1. The third-order valence-electron chi connectivity index (χ3n) is 7.46. The number of hydrogen-bond acceptors (Lipinski definition) is 1. The van der Waals surface area contributed by atoms with Gasteiger partial charge in [-0.25, -0.2) is 0 Å². The number of aryl methyl sites for hydroxylation is 1. The first-order valence-electron chi connectivity index (χ1n) is 10.5. The molecule has 0 saturated heterocycles. The molecular weight excluding hydrogens is 364 g/mol. The minimum Gasteiger partial charge on any atom is -0.312 e. The van der Waals surface area contributed by atoms with E-state index in [9.17, 15) is 0 Å². The van der Waals surface area contributed by atoms with Crippen LogP contribution < -0.4 is 0 Å². The maximum Gasteiger partial charge on any atom is 0.0567 e. The molecule has 1 aliphatic heterocycles. The molecule has 2 aromatic heterocycles.